The van der Waals surface area contributed by atoms with Crippen molar-refractivity contribution in [3.05, 3.63) is 41.2 Å². The highest BCUT2D eigenvalue weighted by molar-refractivity contribution is 6.03. The van der Waals surface area contributed by atoms with Gasteiger partial charge in [0.2, 0.25) is 0 Å². The average molecular weight is 298 g/mol. The first kappa shape index (κ1) is 14.6. The van der Waals surface area contributed by atoms with Crippen LogP contribution >= 0.6 is 0 Å². The SMILES string of the molecule is Cc1cc(N2CCCC2)ccc1NC(=O)c1cc(C)n(C)n1. The van der Waals surface area contributed by atoms with Crippen LogP contribution in [0, 0.1) is 13.8 Å². The number of carbonyl (C=O) groups is 1. The predicted molar refractivity (Wildman–Crippen MR) is 88.5 cm³/mol. The summed E-state index contributed by atoms with van der Waals surface area (Å²) in [6.45, 7) is 6.20. The molecular formula is C17H22N4O. The molecule has 2 aromatic rings. The number of hydrogen-bond acceptors (Lipinski definition) is 3. The van der Waals surface area contributed by atoms with Gasteiger partial charge in [-0.25, -0.2) is 0 Å². The molecular weight excluding hydrogens is 276 g/mol. The maximum atomic E-state index is 12.3. The lowest BCUT2D eigenvalue weighted by Gasteiger charge is -2.19. The maximum Gasteiger partial charge on any atom is 0.276 e. The summed E-state index contributed by atoms with van der Waals surface area (Å²) in [5.41, 5.74) is 4.57. The Kier molecular flexibility index (Phi) is 3.88. The first-order chi connectivity index (χ1) is 10.5. The van der Waals surface area contributed by atoms with Gasteiger partial charge in [0.15, 0.2) is 5.69 Å². The Hall–Kier alpha value is -2.30. The normalized spacial score (nSPS) is 14.4. The molecule has 0 atom stereocenters. The highest BCUT2D eigenvalue weighted by Crippen LogP contribution is 2.25. The Morgan fingerprint density at radius 3 is 2.50 bits per heavy atom. The van der Waals surface area contributed by atoms with Crippen molar-refractivity contribution in [1.29, 1.82) is 0 Å². The van der Waals surface area contributed by atoms with Gasteiger partial charge in [0.1, 0.15) is 0 Å². The molecule has 0 saturated carbocycles. The number of nitrogens with zero attached hydrogens (tertiary/aromatic N) is 3. The molecule has 1 aliphatic heterocycles. The lowest BCUT2D eigenvalue weighted by molar-refractivity contribution is 0.102. The predicted octanol–water partition coefficient (Wildman–Crippen LogP) is 2.89. The summed E-state index contributed by atoms with van der Waals surface area (Å²) in [7, 11) is 1.84. The van der Waals surface area contributed by atoms with Crippen molar-refractivity contribution in [2.45, 2.75) is 26.7 Å². The molecule has 1 aliphatic rings. The van der Waals surface area contributed by atoms with E-state index in [1.165, 1.54) is 18.5 Å². The van der Waals surface area contributed by atoms with Crippen molar-refractivity contribution in [1.82, 2.24) is 9.78 Å². The molecule has 1 N–H and O–H groups in total. The average Bonchev–Trinajstić information content (AvgIpc) is 3.12. The van der Waals surface area contributed by atoms with Crippen LogP contribution in [0.15, 0.2) is 24.3 Å². The quantitative estimate of drug-likeness (QED) is 0.948. The first-order valence-corrected chi connectivity index (χ1v) is 7.72. The third-order valence-corrected chi connectivity index (χ3v) is 4.28. The number of anilines is 2. The summed E-state index contributed by atoms with van der Waals surface area (Å²) in [6, 6.07) is 8.00. The topological polar surface area (TPSA) is 50.2 Å². The van der Waals surface area contributed by atoms with E-state index < -0.39 is 0 Å². The van der Waals surface area contributed by atoms with Crippen LogP contribution in [0.2, 0.25) is 0 Å². The minimum atomic E-state index is -0.166. The van der Waals surface area contributed by atoms with E-state index in [0.29, 0.717) is 5.69 Å². The number of rotatable bonds is 3. The van der Waals surface area contributed by atoms with Gasteiger partial charge in [-0.15, -0.1) is 0 Å². The third-order valence-electron chi connectivity index (χ3n) is 4.28. The van der Waals surface area contributed by atoms with E-state index in [4.69, 9.17) is 0 Å². The maximum absolute atomic E-state index is 12.3. The fourth-order valence-corrected chi connectivity index (χ4v) is 2.82. The Labute approximate surface area is 130 Å². The monoisotopic (exact) mass is 298 g/mol. The van der Waals surface area contributed by atoms with E-state index in [1.54, 1.807) is 10.7 Å². The second-order valence-corrected chi connectivity index (χ2v) is 5.94. The zero-order valence-corrected chi connectivity index (χ0v) is 13.4. The molecule has 3 rings (SSSR count). The van der Waals surface area contributed by atoms with E-state index in [-0.39, 0.29) is 5.91 Å². The Morgan fingerprint density at radius 2 is 1.91 bits per heavy atom. The van der Waals surface area contributed by atoms with Crippen molar-refractivity contribution in [2.24, 2.45) is 7.05 Å². The molecule has 0 aliphatic carbocycles. The molecule has 116 valence electrons. The van der Waals surface area contributed by atoms with Gasteiger partial charge in [0.05, 0.1) is 0 Å². The molecule has 2 heterocycles. The zero-order valence-electron chi connectivity index (χ0n) is 13.4. The summed E-state index contributed by atoms with van der Waals surface area (Å²) < 4.78 is 1.71. The lowest BCUT2D eigenvalue weighted by Crippen LogP contribution is -2.18. The van der Waals surface area contributed by atoms with Crippen molar-refractivity contribution in [3.8, 4) is 0 Å². The number of aromatic nitrogens is 2. The molecule has 0 spiro atoms. The summed E-state index contributed by atoms with van der Waals surface area (Å²) >= 11 is 0. The van der Waals surface area contributed by atoms with Crippen LogP contribution < -0.4 is 10.2 Å². The van der Waals surface area contributed by atoms with Crippen molar-refractivity contribution in [3.63, 3.8) is 0 Å². The molecule has 1 aromatic carbocycles. The van der Waals surface area contributed by atoms with Gasteiger partial charge in [-0.05, 0) is 56.5 Å². The number of amides is 1. The van der Waals surface area contributed by atoms with Gasteiger partial charge < -0.3 is 10.2 Å². The van der Waals surface area contributed by atoms with Crippen molar-refractivity contribution in [2.75, 3.05) is 23.3 Å². The molecule has 1 saturated heterocycles. The van der Waals surface area contributed by atoms with E-state index >= 15 is 0 Å². The van der Waals surface area contributed by atoms with Crippen molar-refractivity contribution < 1.29 is 4.79 Å². The van der Waals surface area contributed by atoms with Crippen LogP contribution in [-0.2, 0) is 7.05 Å². The van der Waals surface area contributed by atoms with E-state index in [9.17, 15) is 4.79 Å². The highest BCUT2D eigenvalue weighted by atomic mass is 16.1. The first-order valence-electron chi connectivity index (χ1n) is 7.72. The molecule has 1 aromatic heterocycles. The smallest absolute Gasteiger partial charge is 0.276 e. The van der Waals surface area contributed by atoms with Gasteiger partial charge in [-0.1, -0.05) is 0 Å². The van der Waals surface area contributed by atoms with Crippen LogP contribution in [0.4, 0.5) is 11.4 Å². The second-order valence-electron chi connectivity index (χ2n) is 5.94. The third kappa shape index (κ3) is 2.84. The lowest BCUT2D eigenvalue weighted by atomic mass is 10.1. The number of nitrogens with one attached hydrogen (secondary N) is 1. The van der Waals surface area contributed by atoms with Crippen LogP contribution in [0.3, 0.4) is 0 Å². The second kappa shape index (κ2) is 5.83. The molecule has 1 fully saturated rings. The Morgan fingerprint density at radius 1 is 1.18 bits per heavy atom. The van der Waals surface area contributed by atoms with E-state index in [1.807, 2.05) is 27.0 Å². The summed E-state index contributed by atoms with van der Waals surface area (Å²) in [6.07, 6.45) is 2.52. The summed E-state index contributed by atoms with van der Waals surface area (Å²) in [4.78, 5) is 14.7. The molecule has 1 amide bonds. The van der Waals surface area contributed by atoms with Gasteiger partial charge in [0, 0.05) is 37.2 Å². The minimum Gasteiger partial charge on any atom is -0.372 e. The molecule has 0 radical (unpaired) electrons. The largest absolute Gasteiger partial charge is 0.372 e. The Balaban J connectivity index is 1.76. The van der Waals surface area contributed by atoms with Crippen LogP contribution in [0.5, 0.6) is 0 Å². The summed E-state index contributed by atoms with van der Waals surface area (Å²) in [5, 5.41) is 7.16. The fourth-order valence-electron chi connectivity index (χ4n) is 2.82. The van der Waals surface area contributed by atoms with Gasteiger partial charge in [-0.3, -0.25) is 9.48 Å². The van der Waals surface area contributed by atoms with Gasteiger partial charge in [-0.2, -0.15) is 5.10 Å². The minimum absolute atomic E-state index is 0.166. The Bertz CT molecular complexity index is 679. The van der Waals surface area contributed by atoms with Crippen LogP contribution in [-0.4, -0.2) is 28.8 Å². The standard InChI is InChI=1S/C17H22N4O/c1-12-10-14(21-8-4-5-9-21)6-7-15(12)18-17(22)16-11-13(2)20(3)19-16/h6-7,10-11H,4-5,8-9H2,1-3H3,(H,18,22). The zero-order chi connectivity index (χ0) is 15.7. The molecule has 5 heteroatoms. The van der Waals surface area contributed by atoms with Crippen LogP contribution in [0.1, 0.15) is 34.6 Å². The highest BCUT2D eigenvalue weighted by Gasteiger charge is 2.15. The van der Waals surface area contributed by atoms with Gasteiger partial charge >= 0.3 is 0 Å². The molecule has 22 heavy (non-hydrogen) atoms. The van der Waals surface area contributed by atoms with Crippen molar-refractivity contribution >= 4 is 17.3 Å². The number of carbonyl (C=O) groups excluding carboxylic acids is 1. The van der Waals surface area contributed by atoms with Crippen LogP contribution in [0.25, 0.3) is 0 Å². The number of benzene rings is 1. The fraction of sp³-hybridized carbons (Fsp3) is 0.412. The van der Waals surface area contributed by atoms with E-state index in [2.05, 4.69) is 27.4 Å². The molecule has 0 bridgehead atoms. The van der Waals surface area contributed by atoms with Gasteiger partial charge in [0.25, 0.3) is 5.91 Å². The molecule has 5 nitrogen and oxygen atoms in total. The molecule has 0 unspecified atom stereocenters. The number of hydrogen-bond donors (Lipinski definition) is 1. The van der Waals surface area contributed by atoms with E-state index in [0.717, 1.165) is 30.0 Å². The summed E-state index contributed by atoms with van der Waals surface area (Å²) in [5.74, 6) is -0.166. The number of aryl methyl sites for hydroxylation is 3.